The molecule has 1 aliphatic carbocycles. The van der Waals surface area contributed by atoms with E-state index >= 15 is 0 Å². The number of anilines is 1. The topological polar surface area (TPSA) is 50.7 Å². The van der Waals surface area contributed by atoms with Crippen molar-refractivity contribution in [3.05, 3.63) is 81.5 Å². The first-order valence-electron chi connectivity index (χ1n) is 9.75. The molecule has 0 saturated carbocycles. The lowest BCUT2D eigenvalue weighted by molar-refractivity contribution is -0.120. The summed E-state index contributed by atoms with van der Waals surface area (Å²) in [6, 6.07) is 8.50. The fraction of sp³-hybridized carbons (Fsp3) is 0.167. The Morgan fingerprint density at radius 1 is 1.27 bits per heavy atom. The molecule has 30 heavy (non-hydrogen) atoms. The van der Waals surface area contributed by atoms with Crippen molar-refractivity contribution in [2.75, 3.05) is 19.4 Å². The second kappa shape index (κ2) is 7.70. The van der Waals surface area contributed by atoms with Crippen LogP contribution in [0, 0.1) is 6.92 Å². The number of aliphatic imine (C=N–C) groups is 1. The van der Waals surface area contributed by atoms with Gasteiger partial charge in [0, 0.05) is 30.2 Å². The first kappa shape index (κ1) is 20.3. The molecule has 2 aliphatic rings. The van der Waals surface area contributed by atoms with Gasteiger partial charge in [-0.05, 0) is 64.4 Å². The number of hydrogen-bond donors (Lipinski definition) is 1. The van der Waals surface area contributed by atoms with Crippen molar-refractivity contribution >= 4 is 48.0 Å². The van der Waals surface area contributed by atoms with E-state index in [1.54, 1.807) is 0 Å². The van der Waals surface area contributed by atoms with Crippen LogP contribution in [0.1, 0.15) is 16.0 Å². The van der Waals surface area contributed by atoms with Crippen LogP contribution in [-0.4, -0.2) is 34.4 Å². The molecule has 1 aromatic heterocycles. The Hall–Kier alpha value is -2.96. The maximum Gasteiger partial charge on any atom is 0.299 e. The highest BCUT2D eigenvalue weighted by Gasteiger charge is 2.41. The average molecular weight is 433 g/mol. The van der Waals surface area contributed by atoms with Crippen molar-refractivity contribution in [3.8, 4) is 5.06 Å². The fourth-order valence-corrected chi connectivity index (χ4v) is 8.46. The largest absolute Gasteiger partial charge is 0.418 e. The number of nitrogens with zero attached hydrogens (tertiary/aromatic N) is 1. The van der Waals surface area contributed by atoms with Gasteiger partial charge in [-0.2, -0.15) is 0 Å². The second-order valence-corrected chi connectivity index (χ2v) is 12.4. The van der Waals surface area contributed by atoms with Gasteiger partial charge in [0.05, 0.1) is 5.71 Å². The number of fused-ring (bicyclic) bond motifs is 2. The van der Waals surface area contributed by atoms with E-state index in [1.807, 2.05) is 20.2 Å². The lowest BCUT2D eigenvalue weighted by Crippen LogP contribution is -2.50. The van der Waals surface area contributed by atoms with E-state index in [9.17, 15) is 4.79 Å². The molecule has 6 heteroatoms. The molecule has 1 unspecified atom stereocenters. The molecule has 0 spiro atoms. The van der Waals surface area contributed by atoms with Crippen molar-refractivity contribution in [1.82, 2.24) is 0 Å². The highest BCUT2D eigenvalue weighted by molar-refractivity contribution is 7.15. The summed E-state index contributed by atoms with van der Waals surface area (Å²) in [7, 11) is 1.57. The summed E-state index contributed by atoms with van der Waals surface area (Å²) >= 11 is 1.51. The maximum atomic E-state index is 10.9. The van der Waals surface area contributed by atoms with Crippen LogP contribution in [0.4, 0.5) is 5.69 Å². The van der Waals surface area contributed by atoms with Gasteiger partial charge in [-0.15, -0.1) is 6.58 Å². The van der Waals surface area contributed by atoms with Crippen LogP contribution in [0.25, 0.3) is 5.57 Å². The zero-order valence-corrected chi connectivity index (χ0v) is 19.4. The molecule has 1 aromatic carbocycles. The first-order chi connectivity index (χ1) is 14.5. The molecule has 0 amide bonds. The fourth-order valence-electron chi connectivity index (χ4n) is 4.23. The Labute approximate surface area is 182 Å². The SMILES string of the molecule is C=C[Si]1(C)C2=CC(=NC)C=CC2=C(c2sc(OC=O)cc2C)c2ccc(NC)cc21. The van der Waals surface area contributed by atoms with Crippen LogP contribution < -0.4 is 15.2 Å². The molecule has 2 aromatic rings. The van der Waals surface area contributed by atoms with Crippen LogP contribution >= 0.6 is 11.3 Å². The molecule has 152 valence electrons. The van der Waals surface area contributed by atoms with Crippen LogP contribution in [0.3, 0.4) is 0 Å². The third kappa shape index (κ3) is 3.04. The van der Waals surface area contributed by atoms with Crippen LogP contribution in [0.5, 0.6) is 5.06 Å². The molecule has 1 atom stereocenters. The van der Waals surface area contributed by atoms with E-state index in [4.69, 9.17) is 4.74 Å². The molecule has 4 nitrogen and oxygen atoms in total. The Kier molecular flexibility index (Phi) is 5.21. The number of ether oxygens (including phenoxy) is 1. The van der Waals surface area contributed by atoms with E-state index < -0.39 is 8.07 Å². The number of allylic oxidation sites excluding steroid dienone is 5. The van der Waals surface area contributed by atoms with Crippen molar-refractivity contribution in [2.45, 2.75) is 13.5 Å². The molecule has 0 bridgehead atoms. The van der Waals surface area contributed by atoms with Gasteiger partial charge in [-0.25, -0.2) is 0 Å². The second-order valence-electron chi connectivity index (χ2n) is 7.54. The summed E-state index contributed by atoms with van der Waals surface area (Å²) < 4.78 is 5.16. The van der Waals surface area contributed by atoms with Gasteiger partial charge in [0.2, 0.25) is 0 Å². The predicted octanol–water partition coefficient (Wildman–Crippen LogP) is 4.57. The lowest BCUT2D eigenvalue weighted by Gasteiger charge is -2.38. The molecular weight excluding hydrogens is 408 g/mol. The summed E-state index contributed by atoms with van der Waals surface area (Å²) in [5, 5.41) is 6.51. The number of aryl methyl sites for hydroxylation is 1. The van der Waals surface area contributed by atoms with Gasteiger partial charge in [0.1, 0.15) is 8.07 Å². The van der Waals surface area contributed by atoms with Crippen LogP contribution in [-0.2, 0) is 4.79 Å². The average Bonchev–Trinajstić information content (AvgIpc) is 3.13. The monoisotopic (exact) mass is 432 g/mol. The third-order valence-electron chi connectivity index (χ3n) is 5.92. The Balaban J connectivity index is 2.09. The number of nitrogens with one attached hydrogen (secondary N) is 1. The maximum absolute atomic E-state index is 10.9. The normalized spacial score (nSPS) is 21.1. The molecule has 2 heterocycles. The van der Waals surface area contributed by atoms with Gasteiger partial charge in [0.25, 0.3) is 6.47 Å². The molecule has 1 aliphatic heterocycles. The van der Waals surface area contributed by atoms with Crippen molar-refractivity contribution < 1.29 is 9.53 Å². The number of carbonyl (C=O) groups is 1. The van der Waals surface area contributed by atoms with E-state index in [-0.39, 0.29) is 0 Å². The summed E-state index contributed by atoms with van der Waals surface area (Å²) in [6.07, 6.45) is 6.45. The summed E-state index contributed by atoms with van der Waals surface area (Å²) in [5.41, 5.74) is 8.91. The Morgan fingerprint density at radius 3 is 2.73 bits per heavy atom. The van der Waals surface area contributed by atoms with Gasteiger partial charge < -0.3 is 10.1 Å². The van der Waals surface area contributed by atoms with Crippen molar-refractivity contribution in [1.29, 1.82) is 0 Å². The zero-order valence-electron chi connectivity index (χ0n) is 17.6. The predicted molar refractivity (Wildman–Crippen MR) is 130 cm³/mol. The minimum Gasteiger partial charge on any atom is -0.418 e. The Bertz CT molecular complexity index is 1190. The van der Waals surface area contributed by atoms with Gasteiger partial charge in [-0.3, -0.25) is 9.79 Å². The van der Waals surface area contributed by atoms with Gasteiger partial charge in [0.15, 0.2) is 5.06 Å². The standard InChI is InChI=1S/C24H24N2O2SSi/c1-6-30(5)20-12-16(25-3)7-9-18(20)23(19-10-8-17(26-4)13-21(19)30)24-15(2)11-22(29-24)28-14-27/h6-14,25H,1H2,2-5H3. The van der Waals surface area contributed by atoms with E-state index in [1.165, 1.54) is 38.4 Å². The molecule has 0 saturated heterocycles. The molecule has 4 rings (SSSR count). The molecular formula is C24H24N2O2SSi. The number of thiophene rings is 1. The van der Waals surface area contributed by atoms with Crippen molar-refractivity contribution in [2.24, 2.45) is 4.99 Å². The molecule has 0 radical (unpaired) electrons. The minimum atomic E-state index is -2.19. The number of rotatable bonds is 5. The zero-order chi connectivity index (χ0) is 21.5. The highest BCUT2D eigenvalue weighted by atomic mass is 32.1. The van der Waals surface area contributed by atoms with E-state index in [2.05, 4.69) is 72.5 Å². The number of carbonyl (C=O) groups excluding carboxylic acids is 1. The van der Waals surface area contributed by atoms with E-state index in [0.717, 1.165) is 21.8 Å². The number of benzene rings is 1. The lowest BCUT2D eigenvalue weighted by atomic mass is 9.92. The smallest absolute Gasteiger partial charge is 0.299 e. The van der Waals surface area contributed by atoms with Crippen molar-refractivity contribution in [3.63, 3.8) is 0 Å². The highest BCUT2D eigenvalue weighted by Crippen LogP contribution is 2.46. The molecule has 0 fully saturated rings. The summed E-state index contributed by atoms with van der Waals surface area (Å²) in [4.78, 5) is 16.4. The van der Waals surface area contributed by atoms with Crippen LogP contribution in [0.2, 0.25) is 6.55 Å². The minimum absolute atomic E-state index is 0.485. The molecule has 1 N–H and O–H groups in total. The first-order valence-corrected chi connectivity index (χ1v) is 13.1. The Morgan fingerprint density at radius 2 is 2.07 bits per heavy atom. The van der Waals surface area contributed by atoms with Crippen LogP contribution in [0.15, 0.2) is 70.5 Å². The van der Waals surface area contributed by atoms with Gasteiger partial charge in [-0.1, -0.05) is 35.7 Å². The number of hydrogen-bond acceptors (Lipinski definition) is 5. The summed E-state index contributed by atoms with van der Waals surface area (Å²) in [5.74, 6) is 0. The quantitative estimate of drug-likeness (QED) is 0.556. The third-order valence-corrected chi connectivity index (χ3v) is 10.9. The van der Waals surface area contributed by atoms with E-state index in [0.29, 0.717) is 11.5 Å². The summed E-state index contributed by atoms with van der Waals surface area (Å²) in [6.45, 7) is 9.14. The van der Waals surface area contributed by atoms with Gasteiger partial charge >= 0.3 is 0 Å².